The molecule has 7 heteroatoms. The first-order chi connectivity index (χ1) is 12.0. The van der Waals surface area contributed by atoms with Gasteiger partial charge >= 0.3 is 6.03 Å². The van der Waals surface area contributed by atoms with Crippen LogP contribution in [0.3, 0.4) is 0 Å². The van der Waals surface area contributed by atoms with Gasteiger partial charge in [-0.1, -0.05) is 25.1 Å². The quantitative estimate of drug-likeness (QED) is 0.927. The molecule has 2 aromatic rings. The van der Waals surface area contributed by atoms with E-state index in [1.165, 1.54) is 0 Å². The number of ether oxygens (including phenoxy) is 1. The molecule has 2 amide bonds. The molecule has 1 atom stereocenters. The van der Waals surface area contributed by atoms with E-state index in [2.05, 4.69) is 5.32 Å². The van der Waals surface area contributed by atoms with Crippen LogP contribution in [0.1, 0.15) is 19.0 Å². The minimum atomic E-state index is -0.257. The van der Waals surface area contributed by atoms with E-state index < -0.39 is 0 Å². The monoisotopic (exact) mass is 344 g/mol. The van der Waals surface area contributed by atoms with Crippen LogP contribution in [0, 0.1) is 6.92 Å². The van der Waals surface area contributed by atoms with Gasteiger partial charge in [-0.05, 0) is 25.5 Å². The molecule has 134 valence electrons. The molecule has 1 aliphatic heterocycles. The summed E-state index contributed by atoms with van der Waals surface area (Å²) in [5.41, 5.74) is 1.55. The fraction of sp³-hybridized carbons (Fsp3) is 0.444. The summed E-state index contributed by atoms with van der Waals surface area (Å²) >= 11 is 0. The Labute approximate surface area is 146 Å². The van der Waals surface area contributed by atoms with Crippen molar-refractivity contribution in [3.63, 3.8) is 0 Å². The zero-order valence-electron chi connectivity index (χ0n) is 14.9. The highest BCUT2D eigenvalue weighted by atomic mass is 16.5. The standard InChI is InChI=1S/C18H24N4O3/c1-4-15-12-21(10-11-25-15)18(24)19-16-13(2)20(3)22(17(16)23)14-8-6-5-7-9-14/h5-9,15H,4,10-12H2,1-3H3,(H,19,24)/t15-/m0/s1. The molecule has 2 heterocycles. The molecule has 0 aliphatic carbocycles. The van der Waals surface area contributed by atoms with E-state index in [1.54, 1.807) is 21.3 Å². The second kappa shape index (κ2) is 7.14. The third-order valence-corrected chi connectivity index (χ3v) is 4.67. The van der Waals surface area contributed by atoms with E-state index in [1.807, 2.05) is 44.2 Å². The molecule has 1 aromatic carbocycles. The van der Waals surface area contributed by atoms with Crippen molar-refractivity contribution in [3.05, 3.63) is 46.4 Å². The molecule has 0 saturated carbocycles. The molecule has 1 fully saturated rings. The number of benzene rings is 1. The number of amides is 2. The molecule has 0 bridgehead atoms. The Morgan fingerprint density at radius 1 is 1.32 bits per heavy atom. The van der Waals surface area contributed by atoms with Gasteiger partial charge in [-0.2, -0.15) is 0 Å². The first-order valence-electron chi connectivity index (χ1n) is 8.54. The van der Waals surface area contributed by atoms with Crippen molar-refractivity contribution < 1.29 is 9.53 Å². The maximum Gasteiger partial charge on any atom is 0.322 e. The third-order valence-electron chi connectivity index (χ3n) is 4.67. The Kier molecular flexibility index (Phi) is 4.94. The van der Waals surface area contributed by atoms with Gasteiger partial charge in [0.15, 0.2) is 0 Å². The Hall–Kier alpha value is -2.54. The van der Waals surface area contributed by atoms with Crippen LogP contribution in [0.25, 0.3) is 5.69 Å². The van der Waals surface area contributed by atoms with Gasteiger partial charge in [0.25, 0.3) is 5.56 Å². The summed E-state index contributed by atoms with van der Waals surface area (Å²) in [6, 6.07) is 9.12. The average molecular weight is 344 g/mol. The van der Waals surface area contributed by atoms with Crippen LogP contribution >= 0.6 is 0 Å². The lowest BCUT2D eigenvalue weighted by molar-refractivity contribution is -0.0134. The normalized spacial score (nSPS) is 17.6. The number of rotatable bonds is 3. The Morgan fingerprint density at radius 3 is 2.72 bits per heavy atom. The van der Waals surface area contributed by atoms with Gasteiger partial charge in [0.1, 0.15) is 5.69 Å². The molecule has 1 N–H and O–H groups in total. The number of anilines is 1. The van der Waals surface area contributed by atoms with E-state index in [0.29, 0.717) is 31.1 Å². The Morgan fingerprint density at radius 2 is 2.04 bits per heavy atom. The van der Waals surface area contributed by atoms with Crippen LogP contribution in [0.4, 0.5) is 10.5 Å². The van der Waals surface area contributed by atoms with Crippen molar-refractivity contribution in [1.29, 1.82) is 0 Å². The predicted octanol–water partition coefficient (Wildman–Crippen LogP) is 2.13. The molecule has 25 heavy (non-hydrogen) atoms. The Bertz CT molecular complexity index is 810. The summed E-state index contributed by atoms with van der Waals surface area (Å²) in [6.07, 6.45) is 0.909. The maximum absolute atomic E-state index is 12.8. The van der Waals surface area contributed by atoms with Gasteiger partial charge in [0.05, 0.1) is 24.1 Å². The van der Waals surface area contributed by atoms with Crippen LogP contribution in [0.5, 0.6) is 0 Å². The topological polar surface area (TPSA) is 68.5 Å². The number of nitrogens with zero attached hydrogens (tertiary/aromatic N) is 3. The molecular weight excluding hydrogens is 320 g/mol. The van der Waals surface area contributed by atoms with Gasteiger partial charge in [-0.15, -0.1) is 0 Å². The summed E-state index contributed by atoms with van der Waals surface area (Å²) in [5.74, 6) is 0. The highest BCUT2D eigenvalue weighted by molar-refractivity contribution is 5.89. The van der Waals surface area contributed by atoms with Gasteiger partial charge in [-0.25, -0.2) is 9.48 Å². The van der Waals surface area contributed by atoms with Gasteiger partial charge < -0.3 is 15.0 Å². The van der Waals surface area contributed by atoms with E-state index in [-0.39, 0.29) is 17.7 Å². The van der Waals surface area contributed by atoms with E-state index in [0.717, 1.165) is 12.1 Å². The third kappa shape index (κ3) is 3.32. The maximum atomic E-state index is 12.8. The smallest absolute Gasteiger partial charge is 0.322 e. The summed E-state index contributed by atoms with van der Waals surface area (Å²) in [7, 11) is 1.81. The van der Waals surface area contributed by atoms with E-state index in [4.69, 9.17) is 4.74 Å². The van der Waals surface area contributed by atoms with Crippen molar-refractivity contribution in [2.45, 2.75) is 26.4 Å². The number of carbonyl (C=O) groups is 1. The van der Waals surface area contributed by atoms with Crippen LogP contribution in [0.2, 0.25) is 0 Å². The number of hydrogen-bond acceptors (Lipinski definition) is 3. The average Bonchev–Trinajstić information content (AvgIpc) is 2.85. The molecule has 3 rings (SSSR count). The SMILES string of the molecule is CC[C@H]1CN(C(=O)Nc2c(C)n(C)n(-c3ccccc3)c2=O)CCO1. The number of hydrogen-bond donors (Lipinski definition) is 1. The van der Waals surface area contributed by atoms with Gasteiger partial charge in [0, 0.05) is 20.1 Å². The zero-order chi connectivity index (χ0) is 18.0. The summed E-state index contributed by atoms with van der Waals surface area (Å²) in [4.78, 5) is 27.1. The highest BCUT2D eigenvalue weighted by Gasteiger charge is 2.25. The van der Waals surface area contributed by atoms with Crippen LogP contribution < -0.4 is 10.9 Å². The second-order valence-corrected chi connectivity index (χ2v) is 6.21. The number of urea groups is 1. The largest absolute Gasteiger partial charge is 0.375 e. The van der Waals surface area contributed by atoms with Crippen molar-refractivity contribution in [2.75, 3.05) is 25.0 Å². The van der Waals surface area contributed by atoms with Crippen LogP contribution in [-0.4, -0.2) is 46.1 Å². The molecule has 0 unspecified atom stereocenters. The lowest BCUT2D eigenvalue weighted by Crippen LogP contribution is -2.47. The fourth-order valence-corrected chi connectivity index (χ4v) is 3.05. The first-order valence-corrected chi connectivity index (χ1v) is 8.54. The van der Waals surface area contributed by atoms with Crippen molar-refractivity contribution >= 4 is 11.7 Å². The minimum absolute atomic E-state index is 0.0531. The van der Waals surface area contributed by atoms with Gasteiger partial charge in [0.2, 0.25) is 0 Å². The molecule has 7 nitrogen and oxygen atoms in total. The van der Waals surface area contributed by atoms with Crippen LogP contribution in [0.15, 0.2) is 35.1 Å². The molecular formula is C18H24N4O3. The van der Waals surface area contributed by atoms with Gasteiger partial charge in [-0.3, -0.25) is 9.48 Å². The first kappa shape index (κ1) is 17.3. The van der Waals surface area contributed by atoms with E-state index in [9.17, 15) is 9.59 Å². The fourth-order valence-electron chi connectivity index (χ4n) is 3.05. The molecule has 0 radical (unpaired) electrons. The number of para-hydroxylation sites is 1. The lowest BCUT2D eigenvalue weighted by atomic mass is 10.2. The molecule has 1 aromatic heterocycles. The number of carbonyl (C=O) groups excluding carboxylic acids is 1. The minimum Gasteiger partial charge on any atom is -0.375 e. The molecule has 0 spiro atoms. The number of morpholine rings is 1. The van der Waals surface area contributed by atoms with Crippen molar-refractivity contribution in [2.24, 2.45) is 7.05 Å². The lowest BCUT2D eigenvalue weighted by Gasteiger charge is -2.32. The number of aromatic nitrogens is 2. The molecule has 1 aliphatic rings. The highest BCUT2D eigenvalue weighted by Crippen LogP contribution is 2.15. The second-order valence-electron chi connectivity index (χ2n) is 6.21. The van der Waals surface area contributed by atoms with E-state index >= 15 is 0 Å². The van der Waals surface area contributed by atoms with Crippen molar-refractivity contribution in [1.82, 2.24) is 14.3 Å². The predicted molar refractivity (Wildman–Crippen MR) is 96.4 cm³/mol. The Balaban J connectivity index is 1.86. The zero-order valence-corrected chi connectivity index (χ0v) is 14.9. The number of nitrogens with one attached hydrogen (secondary N) is 1. The van der Waals surface area contributed by atoms with Crippen LogP contribution in [-0.2, 0) is 11.8 Å². The van der Waals surface area contributed by atoms with Crippen molar-refractivity contribution in [3.8, 4) is 5.69 Å². The summed E-state index contributed by atoms with van der Waals surface area (Å²) in [6.45, 7) is 5.45. The molecule has 1 saturated heterocycles. The summed E-state index contributed by atoms with van der Waals surface area (Å²) in [5, 5.41) is 2.80. The summed E-state index contributed by atoms with van der Waals surface area (Å²) < 4.78 is 8.90.